The minimum Gasteiger partial charge on any atom is -0.341 e. The predicted octanol–water partition coefficient (Wildman–Crippen LogP) is 2.40. The van der Waals surface area contributed by atoms with Gasteiger partial charge in [0, 0.05) is 39.5 Å². The highest BCUT2D eigenvalue weighted by Crippen LogP contribution is 2.34. The summed E-state index contributed by atoms with van der Waals surface area (Å²) in [7, 11) is 0. The van der Waals surface area contributed by atoms with Gasteiger partial charge in [-0.2, -0.15) is 0 Å². The van der Waals surface area contributed by atoms with Crippen molar-refractivity contribution in [3.05, 3.63) is 11.6 Å². The van der Waals surface area contributed by atoms with Crippen LogP contribution in [0.5, 0.6) is 0 Å². The molecule has 1 aromatic rings. The van der Waals surface area contributed by atoms with E-state index in [2.05, 4.69) is 19.7 Å². The van der Waals surface area contributed by atoms with E-state index >= 15 is 0 Å². The maximum absolute atomic E-state index is 11.7. The third-order valence-corrected chi connectivity index (χ3v) is 6.38. The number of hydrogen-bond acceptors (Lipinski definition) is 4. The molecule has 1 saturated heterocycles. The molecule has 138 valence electrons. The summed E-state index contributed by atoms with van der Waals surface area (Å²) >= 11 is 0. The van der Waals surface area contributed by atoms with Gasteiger partial charge in [0.2, 0.25) is 5.91 Å². The molecule has 3 aliphatic rings. The molecule has 4 rings (SSSR count). The number of carbonyl (C=O) groups excluding carboxylic acids is 1. The SMILES string of the molecule is CC(=O)N1CCc2nnc([C@@H]3CCCN3CC3CCCCC3)n2CC1. The van der Waals surface area contributed by atoms with Gasteiger partial charge < -0.3 is 9.47 Å². The average Bonchev–Trinajstić information content (AvgIpc) is 3.16. The maximum Gasteiger partial charge on any atom is 0.219 e. The summed E-state index contributed by atoms with van der Waals surface area (Å²) in [4.78, 5) is 16.3. The fourth-order valence-electron chi connectivity index (χ4n) is 4.95. The largest absolute Gasteiger partial charge is 0.341 e. The van der Waals surface area contributed by atoms with Crippen molar-refractivity contribution < 1.29 is 4.79 Å². The van der Waals surface area contributed by atoms with Crippen LogP contribution < -0.4 is 0 Å². The summed E-state index contributed by atoms with van der Waals surface area (Å²) < 4.78 is 2.31. The Labute approximate surface area is 150 Å². The Kier molecular flexibility index (Phi) is 5.06. The number of hydrogen-bond donors (Lipinski definition) is 0. The predicted molar refractivity (Wildman–Crippen MR) is 96.1 cm³/mol. The highest BCUT2D eigenvalue weighted by molar-refractivity contribution is 5.73. The maximum atomic E-state index is 11.7. The summed E-state index contributed by atoms with van der Waals surface area (Å²) in [5.74, 6) is 3.24. The lowest BCUT2D eigenvalue weighted by Gasteiger charge is -2.30. The van der Waals surface area contributed by atoms with Crippen molar-refractivity contribution in [3.63, 3.8) is 0 Å². The quantitative estimate of drug-likeness (QED) is 0.844. The van der Waals surface area contributed by atoms with E-state index in [0.29, 0.717) is 6.04 Å². The molecule has 0 aromatic carbocycles. The van der Waals surface area contributed by atoms with Crippen molar-refractivity contribution in [2.24, 2.45) is 5.92 Å². The van der Waals surface area contributed by atoms with Crippen LogP contribution in [0.2, 0.25) is 0 Å². The van der Waals surface area contributed by atoms with Gasteiger partial charge in [-0.25, -0.2) is 0 Å². The second-order valence-corrected chi connectivity index (χ2v) is 8.04. The zero-order chi connectivity index (χ0) is 17.2. The monoisotopic (exact) mass is 345 g/mol. The van der Waals surface area contributed by atoms with Gasteiger partial charge in [-0.15, -0.1) is 10.2 Å². The number of fused-ring (bicyclic) bond motifs is 1. The molecule has 1 aromatic heterocycles. The first-order chi connectivity index (χ1) is 12.2. The topological polar surface area (TPSA) is 54.3 Å². The van der Waals surface area contributed by atoms with E-state index in [1.165, 1.54) is 58.0 Å². The van der Waals surface area contributed by atoms with Gasteiger partial charge in [-0.05, 0) is 38.1 Å². The van der Waals surface area contributed by atoms with Crippen LogP contribution in [0.25, 0.3) is 0 Å². The molecule has 1 amide bonds. The smallest absolute Gasteiger partial charge is 0.219 e. The standard InChI is InChI=1S/C19H31N5O/c1-15(25)22-11-9-18-20-21-19(24(18)13-12-22)17-8-5-10-23(17)14-16-6-3-2-4-7-16/h16-17H,2-14H2,1H3/t17-/m0/s1. The molecule has 0 spiro atoms. The van der Waals surface area contributed by atoms with Gasteiger partial charge in [-0.1, -0.05) is 19.3 Å². The molecule has 2 fully saturated rings. The van der Waals surface area contributed by atoms with E-state index < -0.39 is 0 Å². The summed E-state index contributed by atoms with van der Waals surface area (Å²) in [5, 5.41) is 9.09. The van der Waals surface area contributed by atoms with Crippen molar-refractivity contribution >= 4 is 5.91 Å². The van der Waals surface area contributed by atoms with E-state index in [4.69, 9.17) is 0 Å². The highest BCUT2D eigenvalue weighted by Gasteiger charge is 2.33. The summed E-state index contributed by atoms with van der Waals surface area (Å²) in [6.07, 6.45) is 10.3. The fraction of sp³-hybridized carbons (Fsp3) is 0.842. The molecule has 3 heterocycles. The Bertz CT molecular complexity index is 607. The van der Waals surface area contributed by atoms with Crippen LogP contribution in [0.4, 0.5) is 0 Å². The zero-order valence-corrected chi connectivity index (χ0v) is 15.5. The van der Waals surface area contributed by atoms with E-state index in [1.54, 1.807) is 6.92 Å². The molecule has 1 saturated carbocycles. The van der Waals surface area contributed by atoms with Crippen LogP contribution in [0.1, 0.15) is 69.6 Å². The summed E-state index contributed by atoms with van der Waals surface area (Å²) in [5.41, 5.74) is 0. The molecule has 1 aliphatic carbocycles. The lowest BCUT2D eigenvalue weighted by Crippen LogP contribution is -2.33. The Morgan fingerprint density at radius 2 is 1.84 bits per heavy atom. The zero-order valence-electron chi connectivity index (χ0n) is 15.5. The number of likely N-dealkylation sites (tertiary alicyclic amines) is 1. The first-order valence-electron chi connectivity index (χ1n) is 10.1. The molecule has 1 atom stereocenters. The minimum absolute atomic E-state index is 0.167. The van der Waals surface area contributed by atoms with E-state index in [9.17, 15) is 4.79 Å². The van der Waals surface area contributed by atoms with Crippen molar-refractivity contribution in [2.75, 3.05) is 26.2 Å². The minimum atomic E-state index is 0.167. The summed E-state index contributed by atoms with van der Waals surface area (Å²) in [6, 6.07) is 0.423. The molecule has 6 heteroatoms. The number of carbonyl (C=O) groups is 1. The molecule has 25 heavy (non-hydrogen) atoms. The van der Waals surface area contributed by atoms with Crippen molar-refractivity contribution in [2.45, 2.75) is 70.9 Å². The van der Waals surface area contributed by atoms with Crippen molar-refractivity contribution in [1.29, 1.82) is 0 Å². The first kappa shape index (κ1) is 17.0. The molecule has 2 aliphatic heterocycles. The molecule has 0 unspecified atom stereocenters. The number of rotatable bonds is 3. The fourth-order valence-corrected chi connectivity index (χ4v) is 4.95. The first-order valence-corrected chi connectivity index (χ1v) is 10.1. The lowest BCUT2D eigenvalue weighted by molar-refractivity contribution is -0.128. The van der Waals surface area contributed by atoms with Crippen LogP contribution in [-0.4, -0.2) is 56.7 Å². The Hall–Kier alpha value is -1.43. The van der Waals surface area contributed by atoms with Crippen LogP contribution in [0.3, 0.4) is 0 Å². The number of aromatic nitrogens is 3. The number of nitrogens with zero attached hydrogens (tertiary/aromatic N) is 5. The second-order valence-electron chi connectivity index (χ2n) is 8.04. The molecule has 0 bridgehead atoms. The van der Waals surface area contributed by atoms with Gasteiger partial charge in [0.25, 0.3) is 0 Å². The van der Waals surface area contributed by atoms with E-state index in [1.807, 2.05) is 4.90 Å². The average molecular weight is 345 g/mol. The molecule has 6 nitrogen and oxygen atoms in total. The van der Waals surface area contributed by atoms with Gasteiger partial charge >= 0.3 is 0 Å². The normalized spacial score (nSPS) is 25.8. The Balaban J connectivity index is 1.48. The highest BCUT2D eigenvalue weighted by atomic mass is 16.2. The van der Waals surface area contributed by atoms with Crippen LogP contribution in [0, 0.1) is 5.92 Å². The molecular formula is C19H31N5O. The molecule has 0 radical (unpaired) electrons. The van der Waals surface area contributed by atoms with Gasteiger partial charge in [0.05, 0.1) is 6.04 Å². The van der Waals surface area contributed by atoms with Crippen molar-refractivity contribution in [3.8, 4) is 0 Å². The Morgan fingerprint density at radius 3 is 2.64 bits per heavy atom. The van der Waals surface area contributed by atoms with Gasteiger partial charge in [0.15, 0.2) is 0 Å². The lowest BCUT2D eigenvalue weighted by atomic mass is 9.89. The van der Waals surface area contributed by atoms with Crippen LogP contribution in [0.15, 0.2) is 0 Å². The number of amides is 1. The molecular weight excluding hydrogens is 314 g/mol. The third kappa shape index (κ3) is 3.59. The van der Waals surface area contributed by atoms with Gasteiger partial charge in [0.1, 0.15) is 11.6 Å². The van der Waals surface area contributed by atoms with Crippen LogP contribution in [-0.2, 0) is 17.8 Å². The van der Waals surface area contributed by atoms with E-state index in [0.717, 1.165) is 43.6 Å². The van der Waals surface area contributed by atoms with E-state index in [-0.39, 0.29) is 5.91 Å². The summed E-state index contributed by atoms with van der Waals surface area (Å²) in [6.45, 7) is 6.48. The third-order valence-electron chi connectivity index (χ3n) is 6.38. The Morgan fingerprint density at radius 1 is 1.00 bits per heavy atom. The van der Waals surface area contributed by atoms with Crippen LogP contribution >= 0.6 is 0 Å². The van der Waals surface area contributed by atoms with Gasteiger partial charge in [-0.3, -0.25) is 9.69 Å². The van der Waals surface area contributed by atoms with Crippen molar-refractivity contribution in [1.82, 2.24) is 24.6 Å². The second kappa shape index (κ2) is 7.44. The molecule has 0 N–H and O–H groups in total.